The average Bonchev–Trinajstić information content (AvgIpc) is 2.31. The lowest BCUT2D eigenvalue weighted by Crippen LogP contribution is -1.97. The Bertz CT molecular complexity index is 525. The number of hydrogen-bond donors (Lipinski definition) is 0. The molecule has 0 aliphatic heterocycles. The lowest BCUT2D eigenvalue weighted by atomic mass is 10.1. The molecule has 0 bridgehead atoms. The second-order valence-electron chi connectivity index (χ2n) is 3.74. The van der Waals surface area contributed by atoms with E-state index in [0.29, 0.717) is 12.4 Å². The van der Waals surface area contributed by atoms with E-state index in [2.05, 4.69) is 4.98 Å². The maximum absolute atomic E-state index is 13.2. The molecule has 1 aromatic heterocycles. The van der Waals surface area contributed by atoms with E-state index >= 15 is 0 Å². The van der Waals surface area contributed by atoms with Crippen LogP contribution in [0.4, 0.5) is 4.39 Å². The molecule has 0 fully saturated rings. The van der Waals surface area contributed by atoms with Gasteiger partial charge in [0, 0.05) is 17.8 Å². The van der Waals surface area contributed by atoms with E-state index in [4.69, 9.17) is 4.74 Å². The summed E-state index contributed by atoms with van der Waals surface area (Å²) in [5.41, 5.74) is 2.70. The zero-order valence-corrected chi connectivity index (χ0v) is 9.90. The van der Waals surface area contributed by atoms with Crippen LogP contribution in [-0.4, -0.2) is 11.6 Å². The minimum atomic E-state index is -0.300. The molecule has 0 radical (unpaired) electrons. The number of nitrogens with zero attached hydrogens (tertiary/aromatic N) is 1. The summed E-state index contributed by atoms with van der Waals surface area (Å²) in [4.78, 5) is 4.32. The summed E-state index contributed by atoms with van der Waals surface area (Å²) in [6.07, 6.45) is 1.72. The van der Waals surface area contributed by atoms with E-state index in [9.17, 15) is 4.39 Å². The van der Waals surface area contributed by atoms with Crippen LogP contribution in [0.5, 0.6) is 5.75 Å². The van der Waals surface area contributed by atoms with Gasteiger partial charge in [0.05, 0.1) is 12.3 Å². The topological polar surface area (TPSA) is 22.1 Å². The third kappa shape index (κ3) is 2.44. The van der Waals surface area contributed by atoms with Crippen molar-refractivity contribution in [2.75, 3.05) is 6.61 Å². The van der Waals surface area contributed by atoms with Crippen molar-refractivity contribution in [3.63, 3.8) is 0 Å². The predicted molar refractivity (Wildman–Crippen MR) is 65.5 cm³/mol. The first-order valence-corrected chi connectivity index (χ1v) is 5.56. The van der Waals surface area contributed by atoms with Gasteiger partial charge >= 0.3 is 0 Å². The van der Waals surface area contributed by atoms with Crippen LogP contribution in [0.15, 0.2) is 36.5 Å². The number of ether oxygens (including phenoxy) is 1. The summed E-state index contributed by atoms with van der Waals surface area (Å²) in [5, 5.41) is 0. The first-order valence-electron chi connectivity index (χ1n) is 5.56. The van der Waals surface area contributed by atoms with Gasteiger partial charge < -0.3 is 4.74 Å². The third-order valence-electron chi connectivity index (χ3n) is 2.51. The fourth-order valence-corrected chi connectivity index (χ4v) is 1.73. The first-order chi connectivity index (χ1) is 8.22. The normalized spacial score (nSPS) is 10.3. The lowest BCUT2D eigenvalue weighted by molar-refractivity contribution is 0.339. The molecule has 0 N–H and O–H groups in total. The fraction of sp³-hybridized carbons (Fsp3) is 0.214. The molecule has 0 spiro atoms. The van der Waals surface area contributed by atoms with Crippen molar-refractivity contribution in [3.05, 3.63) is 47.9 Å². The Labute approximate surface area is 100 Å². The van der Waals surface area contributed by atoms with Crippen LogP contribution in [0.2, 0.25) is 0 Å². The van der Waals surface area contributed by atoms with Gasteiger partial charge in [0.25, 0.3) is 0 Å². The highest BCUT2D eigenvalue weighted by Crippen LogP contribution is 2.31. The number of benzene rings is 1. The van der Waals surface area contributed by atoms with Gasteiger partial charge in [0.1, 0.15) is 11.6 Å². The van der Waals surface area contributed by atoms with Crippen LogP contribution in [0.1, 0.15) is 12.5 Å². The highest BCUT2D eigenvalue weighted by Gasteiger charge is 2.10. The lowest BCUT2D eigenvalue weighted by Gasteiger charge is -2.11. The van der Waals surface area contributed by atoms with E-state index in [1.54, 1.807) is 12.3 Å². The van der Waals surface area contributed by atoms with Crippen LogP contribution in [0.25, 0.3) is 11.3 Å². The Kier molecular flexibility index (Phi) is 3.38. The second kappa shape index (κ2) is 4.95. The standard InChI is InChI=1S/C14H14FNO/c1-3-17-13-9-11(15)6-7-12(13)14-10(2)5-4-8-16-14/h4-9H,3H2,1-2H3. The van der Waals surface area contributed by atoms with E-state index in [-0.39, 0.29) is 5.82 Å². The van der Waals surface area contributed by atoms with Crippen LogP contribution in [0, 0.1) is 12.7 Å². The number of pyridine rings is 1. The Morgan fingerprint density at radius 1 is 1.29 bits per heavy atom. The predicted octanol–water partition coefficient (Wildman–Crippen LogP) is 3.59. The number of halogens is 1. The Balaban J connectivity index is 2.55. The quantitative estimate of drug-likeness (QED) is 0.805. The molecular formula is C14H14FNO. The minimum Gasteiger partial charge on any atom is -0.493 e. The number of rotatable bonds is 3. The van der Waals surface area contributed by atoms with E-state index in [0.717, 1.165) is 16.8 Å². The number of aryl methyl sites for hydroxylation is 1. The smallest absolute Gasteiger partial charge is 0.131 e. The molecule has 1 aromatic carbocycles. The summed E-state index contributed by atoms with van der Waals surface area (Å²) >= 11 is 0. The molecule has 0 amide bonds. The Morgan fingerprint density at radius 3 is 2.82 bits per heavy atom. The molecular weight excluding hydrogens is 217 g/mol. The van der Waals surface area contributed by atoms with Crippen molar-refractivity contribution in [1.29, 1.82) is 0 Å². The van der Waals surface area contributed by atoms with Crippen molar-refractivity contribution in [1.82, 2.24) is 4.98 Å². The van der Waals surface area contributed by atoms with Gasteiger partial charge in [0.15, 0.2) is 0 Å². The van der Waals surface area contributed by atoms with Gasteiger partial charge in [-0.05, 0) is 37.6 Å². The van der Waals surface area contributed by atoms with Crippen LogP contribution >= 0.6 is 0 Å². The van der Waals surface area contributed by atoms with Gasteiger partial charge in [0.2, 0.25) is 0 Å². The Hall–Kier alpha value is -1.90. The zero-order chi connectivity index (χ0) is 12.3. The summed E-state index contributed by atoms with van der Waals surface area (Å²) in [6, 6.07) is 8.37. The van der Waals surface area contributed by atoms with Gasteiger partial charge in [-0.3, -0.25) is 4.98 Å². The van der Waals surface area contributed by atoms with Crippen molar-refractivity contribution >= 4 is 0 Å². The molecule has 2 aromatic rings. The van der Waals surface area contributed by atoms with Gasteiger partial charge in [-0.25, -0.2) is 4.39 Å². The molecule has 0 aliphatic carbocycles. The van der Waals surface area contributed by atoms with Gasteiger partial charge in [-0.15, -0.1) is 0 Å². The maximum Gasteiger partial charge on any atom is 0.131 e. The van der Waals surface area contributed by atoms with E-state index in [1.165, 1.54) is 12.1 Å². The van der Waals surface area contributed by atoms with Gasteiger partial charge in [-0.1, -0.05) is 6.07 Å². The third-order valence-corrected chi connectivity index (χ3v) is 2.51. The molecule has 0 aliphatic rings. The number of aromatic nitrogens is 1. The summed E-state index contributed by atoms with van der Waals surface area (Å²) in [6.45, 7) is 4.35. The Morgan fingerprint density at radius 2 is 2.12 bits per heavy atom. The van der Waals surface area contributed by atoms with Crippen LogP contribution < -0.4 is 4.74 Å². The van der Waals surface area contributed by atoms with E-state index in [1.807, 2.05) is 26.0 Å². The van der Waals surface area contributed by atoms with Gasteiger partial charge in [-0.2, -0.15) is 0 Å². The molecule has 0 unspecified atom stereocenters. The molecule has 0 saturated carbocycles. The first kappa shape index (κ1) is 11.6. The average molecular weight is 231 g/mol. The molecule has 88 valence electrons. The number of hydrogen-bond acceptors (Lipinski definition) is 2. The minimum absolute atomic E-state index is 0.300. The molecule has 0 saturated heterocycles. The molecule has 2 nitrogen and oxygen atoms in total. The molecule has 1 heterocycles. The summed E-state index contributed by atoms with van der Waals surface area (Å²) < 4.78 is 18.6. The SMILES string of the molecule is CCOc1cc(F)ccc1-c1ncccc1C. The largest absolute Gasteiger partial charge is 0.493 e. The highest BCUT2D eigenvalue weighted by molar-refractivity contribution is 5.69. The molecule has 3 heteroatoms. The van der Waals surface area contributed by atoms with Crippen molar-refractivity contribution in [2.45, 2.75) is 13.8 Å². The van der Waals surface area contributed by atoms with Crippen LogP contribution in [0.3, 0.4) is 0 Å². The zero-order valence-electron chi connectivity index (χ0n) is 9.90. The maximum atomic E-state index is 13.2. The van der Waals surface area contributed by atoms with Crippen molar-refractivity contribution < 1.29 is 9.13 Å². The van der Waals surface area contributed by atoms with E-state index < -0.39 is 0 Å². The molecule has 2 rings (SSSR count). The fourth-order valence-electron chi connectivity index (χ4n) is 1.73. The highest BCUT2D eigenvalue weighted by atomic mass is 19.1. The van der Waals surface area contributed by atoms with Crippen molar-refractivity contribution in [2.24, 2.45) is 0 Å². The van der Waals surface area contributed by atoms with Crippen LogP contribution in [-0.2, 0) is 0 Å². The monoisotopic (exact) mass is 231 g/mol. The summed E-state index contributed by atoms with van der Waals surface area (Å²) in [7, 11) is 0. The molecule has 0 atom stereocenters. The van der Waals surface area contributed by atoms with Crippen molar-refractivity contribution in [3.8, 4) is 17.0 Å². The second-order valence-corrected chi connectivity index (χ2v) is 3.74. The molecule has 17 heavy (non-hydrogen) atoms. The summed E-state index contributed by atoms with van der Waals surface area (Å²) in [5.74, 6) is 0.236.